The van der Waals surface area contributed by atoms with E-state index in [2.05, 4.69) is 10.3 Å². The van der Waals surface area contributed by atoms with Gasteiger partial charge in [0.15, 0.2) is 0 Å². The SMILES string of the molecule is CN(C)C(=O)c1cccc(NC(=O)CCc2nc3ccccc3s2)c1. The van der Waals surface area contributed by atoms with Gasteiger partial charge in [-0.2, -0.15) is 0 Å². The van der Waals surface area contributed by atoms with Crippen molar-refractivity contribution in [1.82, 2.24) is 9.88 Å². The fourth-order valence-electron chi connectivity index (χ4n) is 2.46. The molecule has 0 aliphatic heterocycles. The van der Waals surface area contributed by atoms with Crippen molar-refractivity contribution < 1.29 is 9.59 Å². The first kappa shape index (κ1) is 17.1. The topological polar surface area (TPSA) is 62.3 Å². The molecule has 0 radical (unpaired) electrons. The van der Waals surface area contributed by atoms with Crippen LogP contribution in [0.25, 0.3) is 10.2 Å². The molecule has 0 aliphatic rings. The quantitative estimate of drug-likeness (QED) is 0.763. The van der Waals surface area contributed by atoms with Gasteiger partial charge in [0.25, 0.3) is 5.91 Å². The smallest absolute Gasteiger partial charge is 0.253 e. The van der Waals surface area contributed by atoms with Crippen molar-refractivity contribution in [3.8, 4) is 0 Å². The van der Waals surface area contributed by atoms with E-state index in [1.807, 2.05) is 24.3 Å². The second kappa shape index (κ2) is 7.44. The van der Waals surface area contributed by atoms with Gasteiger partial charge >= 0.3 is 0 Å². The van der Waals surface area contributed by atoms with Crippen LogP contribution in [0, 0.1) is 0 Å². The molecule has 2 amide bonds. The zero-order chi connectivity index (χ0) is 17.8. The van der Waals surface area contributed by atoms with Crippen molar-refractivity contribution >= 4 is 39.1 Å². The van der Waals surface area contributed by atoms with Crippen LogP contribution in [0.4, 0.5) is 5.69 Å². The van der Waals surface area contributed by atoms with E-state index in [1.165, 1.54) is 4.90 Å². The molecule has 6 heteroatoms. The van der Waals surface area contributed by atoms with E-state index >= 15 is 0 Å². The predicted molar refractivity (Wildman–Crippen MR) is 101 cm³/mol. The summed E-state index contributed by atoms with van der Waals surface area (Å²) in [6.07, 6.45) is 0.952. The monoisotopic (exact) mass is 353 g/mol. The zero-order valence-electron chi connectivity index (χ0n) is 14.2. The number of para-hydroxylation sites is 1. The minimum atomic E-state index is -0.0921. The number of amides is 2. The summed E-state index contributed by atoms with van der Waals surface area (Å²) in [7, 11) is 3.40. The number of aromatic nitrogens is 1. The van der Waals surface area contributed by atoms with Crippen LogP contribution in [-0.4, -0.2) is 35.8 Å². The van der Waals surface area contributed by atoms with Gasteiger partial charge in [0.05, 0.1) is 15.2 Å². The first-order valence-electron chi connectivity index (χ1n) is 7.99. The predicted octanol–water partition coefficient (Wildman–Crippen LogP) is 3.57. The number of anilines is 1. The molecule has 0 aliphatic carbocycles. The number of nitrogens with zero attached hydrogens (tertiary/aromatic N) is 2. The third-order valence-corrected chi connectivity index (χ3v) is 4.80. The number of hydrogen-bond donors (Lipinski definition) is 1. The van der Waals surface area contributed by atoms with Crippen molar-refractivity contribution in [1.29, 1.82) is 0 Å². The summed E-state index contributed by atoms with van der Waals surface area (Å²) in [4.78, 5) is 30.2. The highest BCUT2D eigenvalue weighted by atomic mass is 32.1. The number of benzene rings is 2. The first-order chi connectivity index (χ1) is 12.0. The van der Waals surface area contributed by atoms with E-state index in [9.17, 15) is 9.59 Å². The minimum absolute atomic E-state index is 0.0892. The van der Waals surface area contributed by atoms with E-state index in [-0.39, 0.29) is 11.8 Å². The van der Waals surface area contributed by atoms with E-state index in [0.717, 1.165) is 15.2 Å². The van der Waals surface area contributed by atoms with Crippen LogP contribution in [0.2, 0.25) is 0 Å². The van der Waals surface area contributed by atoms with Gasteiger partial charge in [-0.3, -0.25) is 9.59 Å². The Morgan fingerprint density at radius 1 is 1.12 bits per heavy atom. The molecule has 25 heavy (non-hydrogen) atoms. The van der Waals surface area contributed by atoms with Crippen LogP contribution in [0.3, 0.4) is 0 Å². The Bertz CT molecular complexity index is 885. The molecule has 0 unspecified atom stereocenters. The first-order valence-corrected chi connectivity index (χ1v) is 8.80. The summed E-state index contributed by atoms with van der Waals surface area (Å²) < 4.78 is 1.13. The van der Waals surface area contributed by atoms with Gasteiger partial charge in [-0.15, -0.1) is 11.3 Å². The number of nitrogens with one attached hydrogen (secondary N) is 1. The van der Waals surface area contributed by atoms with Crippen molar-refractivity contribution in [2.24, 2.45) is 0 Å². The zero-order valence-corrected chi connectivity index (χ0v) is 15.0. The van der Waals surface area contributed by atoms with Gasteiger partial charge in [0.2, 0.25) is 5.91 Å². The maximum Gasteiger partial charge on any atom is 0.253 e. The van der Waals surface area contributed by atoms with Gasteiger partial charge in [-0.05, 0) is 30.3 Å². The summed E-state index contributed by atoms with van der Waals surface area (Å²) in [5, 5.41) is 3.80. The lowest BCUT2D eigenvalue weighted by molar-refractivity contribution is -0.116. The number of carbonyl (C=O) groups is 2. The molecule has 0 bridgehead atoms. The lowest BCUT2D eigenvalue weighted by Gasteiger charge is -2.11. The Balaban J connectivity index is 1.61. The highest BCUT2D eigenvalue weighted by Gasteiger charge is 2.10. The lowest BCUT2D eigenvalue weighted by Crippen LogP contribution is -2.22. The Morgan fingerprint density at radius 2 is 1.92 bits per heavy atom. The molecule has 0 saturated carbocycles. The number of rotatable bonds is 5. The molecule has 2 aromatic carbocycles. The molecule has 1 heterocycles. The molecule has 1 aromatic heterocycles. The molecule has 3 rings (SSSR count). The van der Waals surface area contributed by atoms with Crippen LogP contribution in [0.1, 0.15) is 21.8 Å². The van der Waals surface area contributed by atoms with Crippen LogP contribution >= 0.6 is 11.3 Å². The Morgan fingerprint density at radius 3 is 2.68 bits per heavy atom. The van der Waals surface area contributed by atoms with Crippen LogP contribution in [-0.2, 0) is 11.2 Å². The van der Waals surface area contributed by atoms with Crippen molar-refractivity contribution in [2.75, 3.05) is 19.4 Å². The molecule has 0 spiro atoms. The number of fused-ring (bicyclic) bond motifs is 1. The average molecular weight is 353 g/mol. The molecule has 5 nitrogen and oxygen atoms in total. The second-order valence-corrected chi connectivity index (χ2v) is 7.02. The van der Waals surface area contributed by atoms with Crippen LogP contribution in [0.5, 0.6) is 0 Å². The summed E-state index contributed by atoms with van der Waals surface area (Å²) in [5.74, 6) is -0.181. The van der Waals surface area contributed by atoms with Crippen LogP contribution < -0.4 is 5.32 Å². The molecular weight excluding hydrogens is 334 g/mol. The third-order valence-electron chi connectivity index (χ3n) is 3.70. The van der Waals surface area contributed by atoms with E-state index < -0.39 is 0 Å². The largest absolute Gasteiger partial charge is 0.345 e. The van der Waals surface area contributed by atoms with Crippen molar-refractivity contribution in [2.45, 2.75) is 12.8 Å². The molecular formula is C19H19N3O2S. The van der Waals surface area contributed by atoms with Crippen molar-refractivity contribution in [3.63, 3.8) is 0 Å². The van der Waals surface area contributed by atoms with Gasteiger partial charge < -0.3 is 10.2 Å². The standard InChI is InChI=1S/C19H19N3O2S/c1-22(2)19(24)13-6-5-7-14(12-13)20-17(23)10-11-18-21-15-8-3-4-9-16(15)25-18/h3-9,12H,10-11H2,1-2H3,(H,20,23). The summed E-state index contributed by atoms with van der Waals surface area (Å²) in [6, 6.07) is 14.9. The lowest BCUT2D eigenvalue weighted by atomic mass is 10.1. The molecule has 0 atom stereocenters. The summed E-state index contributed by atoms with van der Waals surface area (Å²) >= 11 is 1.61. The second-order valence-electron chi connectivity index (χ2n) is 5.90. The Hall–Kier alpha value is -2.73. The molecule has 1 N–H and O–H groups in total. The number of thiazole rings is 1. The molecule has 0 saturated heterocycles. The molecule has 3 aromatic rings. The van der Waals surface area contributed by atoms with Gasteiger partial charge in [-0.1, -0.05) is 18.2 Å². The Kier molecular flexibility index (Phi) is 5.09. The van der Waals surface area contributed by atoms with E-state index in [0.29, 0.717) is 24.1 Å². The van der Waals surface area contributed by atoms with Crippen LogP contribution in [0.15, 0.2) is 48.5 Å². The van der Waals surface area contributed by atoms with E-state index in [1.54, 1.807) is 49.7 Å². The highest BCUT2D eigenvalue weighted by Crippen LogP contribution is 2.22. The number of hydrogen-bond acceptors (Lipinski definition) is 4. The summed E-state index contributed by atoms with van der Waals surface area (Å²) in [5.41, 5.74) is 2.15. The maximum atomic E-state index is 12.2. The highest BCUT2D eigenvalue weighted by molar-refractivity contribution is 7.18. The fourth-order valence-corrected chi connectivity index (χ4v) is 3.43. The van der Waals surface area contributed by atoms with Gasteiger partial charge in [0.1, 0.15) is 0 Å². The minimum Gasteiger partial charge on any atom is -0.345 e. The van der Waals surface area contributed by atoms with Gasteiger partial charge in [-0.25, -0.2) is 4.98 Å². The maximum absolute atomic E-state index is 12.2. The number of aryl methyl sites for hydroxylation is 1. The third kappa shape index (κ3) is 4.22. The van der Waals surface area contributed by atoms with E-state index in [4.69, 9.17) is 0 Å². The number of carbonyl (C=O) groups excluding carboxylic acids is 2. The Labute approximate surface area is 150 Å². The fraction of sp³-hybridized carbons (Fsp3) is 0.211. The van der Waals surface area contributed by atoms with Gasteiger partial charge in [0, 0.05) is 38.2 Å². The summed E-state index contributed by atoms with van der Waals surface area (Å²) in [6.45, 7) is 0. The normalized spacial score (nSPS) is 10.6. The average Bonchev–Trinajstić information content (AvgIpc) is 3.02. The molecule has 128 valence electrons. The van der Waals surface area contributed by atoms with Crippen molar-refractivity contribution in [3.05, 3.63) is 59.1 Å². The molecule has 0 fully saturated rings.